The number of aromatic nitrogens is 3. The Labute approximate surface area is 178 Å². The Balaban J connectivity index is 1.66. The summed E-state index contributed by atoms with van der Waals surface area (Å²) in [6.45, 7) is 3.27. The van der Waals surface area contributed by atoms with E-state index in [0.29, 0.717) is 33.7 Å². The molecular weight excluding hydrogens is 404 g/mol. The molecule has 0 radical (unpaired) electrons. The number of nitrogens with one attached hydrogen (secondary N) is 2. The van der Waals surface area contributed by atoms with Crippen LogP contribution >= 0.6 is 11.8 Å². The summed E-state index contributed by atoms with van der Waals surface area (Å²) in [6.07, 6.45) is 0. The molecule has 0 aliphatic carbocycles. The molecule has 0 saturated heterocycles. The van der Waals surface area contributed by atoms with E-state index in [2.05, 4.69) is 20.5 Å². The molecule has 1 amide bonds. The molecule has 2 N–H and O–H groups in total. The molecule has 3 aromatic rings. The van der Waals surface area contributed by atoms with Crippen LogP contribution in [0.5, 0.6) is 11.5 Å². The molecule has 2 aromatic carbocycles. The normalized spacial score (nSPS) is 11.6. The van der Waals surface area contributed by atoms with Crippen molar-refractivity contribution < 1.29 is 19.1 Å². The summed E-state index contributed by atoms with van der Waals surface area (Å²) in [5.74, 6) is 1.59. The topological polar surface area (TPSA) is 106 Å². The first-order chi connectivity index (χ1) is 14.4. The van der Waals surface area contributed by atoms with Gasteiger partial charge in [0.25, 0.3) is 0 Å². The van der Waals surface area contributed by atoms with Gasteiger partial charge in [0.15, 0.2) is 11.6 Å². The summed E-state index contributed by atoms with van der Waals surface area (Å²) in [6, 6.07) is 12.2. The van der Waals surface area contributed by atoms with Gasteiger partial charge in [-0.2, -0.15) is 0 Å². The Morgan fingerprint density at radius 3 is 2.47 bits per heavy atom. The molecule has 0 bridgehead atoms. The van der Waals surface area contributed by atoms with Crippen molar-refractivity contribution in [1.82, 2.24) is 15.2 Å². The molecule has 156 valence electrons. The second-order valence-corrected chi connectivity index (χ2v) is 7.72. The van der Waals surface area contributed by atoms with E-state index in [4.69, 9.17) is 9.47 Å². The largest absolute Gasteiger partial charge is 0.497 e. The minimum absolute atomic E-state index is 0.0225. The highest BCUT2D eigenvalue weighted by molar-refractivity contribution is 8.00. The molecule has 8 nitrogen and oxygen atoms in total. The summed E-state index contributed by atoms with van der Waals surface area (Å²) in [5.41, 5.74) is 1.95. The predicted molar refractivity (Wildman–Crippen MR) is 115 cm³/mol. The van der Waals surface area contributed by atoms with Gasteiger partial charge < -0.3 is 14.8 Å². The highest BCUT2D eigenvalue weighted by Gasteiger charge is 2.19. The third-order valence-electron chi connectivity index (χ3n) is 4.34. The number of Topliss-reactive ketones (excluding diaryl/α,β-unsaturated/α-hetero) is 1. The standard InChI is InChI=1S/C21H22N4O4S/c1-12(26)14-5-7-15(8-6-14)22-20(27)13(2)30-21-23-19(24-25-21)17-10-9-16(28-3)11-18(17)29-4/h5-11,13H,1-4H3,(H,22,27)(H,23,24,25). The third-order valence-corrected chi connectivity index (χ3v) is 5.30. The SMILES string of the molecule is COc1ccc(-c2nc(SC(C)C(=O)Nc3ccc(C(C)=O)cc3)n[nH]2)c(OC)c1. The fraction of sp³-hybridized carbons (Fsp3) is 0.238. The van der Waals surface area contributed by atoms with Crippen LogP contribution in [0.2, 0.25) is 0 Å². The van der Waals surface area contributed by atoms with E-state index in [1.54, 1.807) is 57.5 Å². The van der Waals surface area contributed by atoms with Gasteiger partial charge in [-0.1, -0.05) is 11.8 Å². The van der Waals surface area contributed by atoms with E-state index in [0.717, 1.165) is 5.56 Å². The Hall–Kier alpha value is -3.33. The second-order valence-electron chi connectivity index (χ2n) is 6.42. The van der Waals surface area contributed by atoms with Crippen molar-refractivity contribution in [3.63, 3.8) is 0 Å². The van der Waals surface area contributed by atoms with Crippen LogP contribution in [0.4, 0.5) is 5.69 Å². The average molecular weight is 426 g/mol. The zero-order valence-corrected chi connectivity index (χ0v) is 17.9. The number of hydrogen-bond acceptors (Lipinski definition) is 7. The Bertz CT molecular complexity index is 1050. The number of H-pyrrole nitrogens is 1. The van der Waals surface area contributed by atoms with Crippen molar-refractivity contribution in [3.05, 3.63) is 48.0 Å². The van der Waals surface area contributed by atoms with Crippen molar-refractivity contribution in [3.8, 4) is 22.9 Å². The molecule has 0 aliphatic heterocycles. The monoisotopic (exact) mass is 426 g/mol. The van der Waals surface area contributed by atoms with E-state index < -0.39 is 5.25 Å². The summed E-state index contributed by atoms with van der Waals surface area (Å²) in [5, 5.41) is 9.91. The minimum atomic E-state index is -0.432. The molecule has 1 heterocycles. The number of nitrogens with zero attached hydrogens (tertiary/aromatic N) is 2. The van der Waals surface area contributed by atoms with Crippen LogP contribution in [0.15, 0.2) is 47.6 Å². The molecule has 0 spiro atoms. The number of amides is 1. The highest BCUT2D eigenvalue weighted by atomic mass is 32.2. The predicted octanol–water partition coefficient (Wildman–Crippen LogP) is 3.81. The number of aromatic amines is 1. The number of benzene rings is 2. The maximum Gasteiger partial charge on any atom is 0.237 e. The van der Waals surface area contributed by atoms with E-state index in [1.807, 2.05) is 6.07 Å². The molecule has 3 rings (SSSR count). The number of thioether (sulfide) groups is 1. The zero-order valence-electron chi connectivity index (χ0n) is 17.1. The van der Waals surface area contributed by atoms with Crippen molar-refractivity contribution in [2.24, 2.45) is 0 Å². The summed E-state index contributed by atoms with van der Waals surface area (Å²) >= 11 is 1.23. The Morgan fingerprint density at radius 2 is 1.83 bits per heavy atom. The number of ether oxygens (including phenoxy) is 2. The molecule has 9 heteroatoms. The number of methoxy groups -OCH3 is 2. The second kappa shape index (κ2) is 9.45. The van der Waals surface area contributed by atoms with Gasteiger partial charge in [0.05, 0.1) is 25.0 Å². The first-order valence-corrected chi connectivity index (χ1v) is 10.0. The fourth-order valence-corrected chi connectivity index (χ4v) is 3.38. The number of ketones is 1. The lowest BCUT2D eigenvalue weighted by molar-refractivity contribution is -0.115. The lowest BCUT2D eigenvalue weighted by Crippen LogP contribution is -2.22. The molecule has 1 unspecified atom stereocenters. The average Bonchev–Trinajstić information content (AvgIpc) is 3.21. The molecule has 0 fully saturated rings. The molecule has 1 atom stereocenters. The molecule has 0 saturated carbocycles. The third kappa shape index (κ3) is 4.98. The van der Waals surface area contributed by atoms with Crippen molar-refractivity contribution in [2.45, 2.75) is 24.3 Å². The van der Waals surface area contributed by atoms with Crippen molar-refractivity contribution in [2.75, 3.05) is 19.5 Å². The van der Waals surface area contributed by atoms with Crippen LogP contribution < -0.4 is 14.8 Å². The Kier molecular flexibility index (Phi) is 6.73. The lowest BCUT2D eigenvalue weighted by atomic mass is 10.1. The Morgan fingerprint density at radius 1 is 1.10 bits per heavy atom. The summed E-state index contributed by atoms with van der Waals surface area (Å²) < 4.78 is 10.6. The fourth-order valence-electron chi connectivity index (χ4n) is 2.66. The van der Waals surface area contributed by atoms with Crippen LogP contribution in [0, 0.1) is 0 Å². The van der Waals surface area contributed by atoms with Gasteiger partial charge in [-0.3, -0.25) is 14.7 Å². The van der Waals surface area contributed by atoms with Gasteiger partial charge >= 0.3 is 0 Å². The van der Waals surface area contributed by atoms with Crippen LogP contribution in [-0.4, -0.2) is 46.3 Å². The quantitative estimate of drug-likeness (QED) is 0.417. The van der Waals surface area contributed by atoms with E-state index in [-0.39, 0.29) is 11.7 Å². The number of carbonyl (C=O) groups excluding carboxylic acids is 2. The summed E-state index contributed by atoms with van der Waals surface area (Å²) in [4.78, 5) is 28.3. The number of carbonyl (C=O) groups is 2. The minimum Gasteiger partial charge on any atom is -0.497 e. The molecule has 1 aromatic heterocycles. The van der Waals surface area contributed by atoms with Crippen LogP contribution in [0.3, 0.4) is 0 Å². The smallest absolute Gasteiger partial charge is 0.237 e. The first kappa shape index (κ1) is 21.4. The van der Waals surface area contributed by atoms with Gasteiger partial charge in [-0.05, 0) is 50.2 Å². The zero-order chi connectivity index (χ0) is 21.7. The number of anilines is 1. The number of rotatable bonds is 8. The van der Waals surface area contributed by atoms with Crippen LogP contribution in [0.25, 0.3) is 11.4 Å². The van der Waals surface area contributed by atoms with Gasteiger partial charge in [-0.25, -0.2) is 4.98 Å². The molecular formula is C21H22N4O4S. The molecule has 30 heavy (non-hydrogen) atoms. The van der Waals surface area contributed by atoms with Gasteiger partial charge in [-0.15, -0.1) is 5.10 Å². The van der Waals surface area contributed by atoms with E-state index in [9.17, 15) is 9.59 Å². The summed E-state index contributed by atoms with van der Waals surface area (Å²) in [7, 11) is 3.15. The maximum absolute atomic E-state index is 12.5. The molecule has 0 aliphatic rings. The van der Waals surface area contributed by atoms with Gasteiger partial charge in [0.1, 0.15) is 11.5 Å². The van der Waals surface area contributed by atoms with Crippen molar-refractivity contribution in [1.29, 1.82) is 0 Å². The van der Waals surface area contributed by atoms with Crippen molar-refractivity contribution >= 4 is 29.1 Å². The first-order valence-electron chi connectivity index (χ1n) is 9.14. The maximum atomic E-state index is 12.5. The van der Waals surface area contributed by atoms with Crippen LogP contribution in [-0.2, 0) is 4.79 Å². The lowest BCUT2D eigenvalue weighted by Gasteiger charge is -2.10. The van der Waals surface area contributed by atoms with E-state index >= 15 is 0 Å². The number of hydrogen-bond donors (Lipinski definition) is 2. The van der Waals surface area contributed by atoms with Gasteiger partial charge in [0.2, 0.25) is 11.1 Å². The highest BCUT2D eigenvalue weighted by Crippen LogP contribution is 2.32. The van der Waals surface area contributed by atoms with Crippen LogP contribution in [0.1, 0.15) is 24.2 Å². The van der Waals surface area contributed by atoms with E-state index in [1.165, 1.54) is 18.7 Å². The van der Waals surface area contributed by atoms with Gasteiger partial charge in [0, 0.05) is 17.3 Å².